The van der Waals surface area contributed by atoms with E-state index >= 15 is 0 Å². The topological polar surface area (TPSA) is 128 Å². The molecule has 11 heteroatoms. The number of likely N-dealkylation sites (N-methyl/N-ethyl adjacent to an activating group) is 1. The van der Waals surface area contributed by atoms with Gasteiger partial charge in [-0.25, -0.2) is 9.48 Å². The van der Waals surface area contributed by atoms with E-state index in [1.54, 1.807) is 0 Å². The first-order valence-corrected chi connectivity index (χ1v) is 8.69. The fraction of sp³-hybridized carbons (Fsp3) is 0.235. The number of rotatable bonds is 3. The van der Waals surface area contributed by atoms with Crippen LogP contribution in [0.25, 0.3) is 21.8 Å². The molecule has 1 aliphatic rings. The number of imide groups is 1. The molecule has 0 unspecified atom stereocenters. The largest absolute Gasteiger partial charge is 0.350 e. The first-order valence-electron chi connectivity index (χ1n) is 8.32. The number of carbonyl (C=O) groups excluding carboxylic acids is 2. The summed E-state index contributed by atoms with van der Waals surface area (Å²) in [6, 6.07) is 3.99. The van der Waals surface area contributed by atoms with Crippen molar-refractivity contribution in [3.05, 3.63) is 54.2 Å². The minimum Gasteiger partial charge on any atom is -0.350 e. The molecule has 2 N–H and O–H groups in total. The number of hydrogen-bond acceptors (Lipinski definition) is 5. The lowest BCUT2D eigenvalue weighted by molar-refractivity contribution is -0.125. The molecule has 0 radical (unpaired) electrons. The second-order valence-corrected chi connectivity index (χ2v) is 6.91. The summed E-state index contributed by atoms with van der Waals surface area (Å²) in [6.07, 6.45) is 0. The highest BCUT2D eigenvalue weighted by Crippen LogP contribution is 2.16. The normalized spacial score (nSPS) is 14.6. The molecule has 144 valence electrons. The Labute approximate surface area is 160 Å². The van der Waals surface area contributed by atoms with Crippen LogP contribution < -0.4 is 16.5 Å². The number of halogens is 1. The van der Waals surface area contributed by atoms with Crippen molar-refractivity contribution in [1.29, 1.82) is 0 Å². The molecule has 0 spiro atoms. The molecule has 10 nitrogen and oxygen atoms in total. The molecule has 1 saturated heterocycles. The third kappa shape index (κ3) is 2.69. The van der Waals surface area contributed by atoms with E-state index in [9.17, 15) is 24.0 Å². The van der Waals surface area contributed by atoms with Crippen molar-refractivity contribution in [3.63, 3.8) is 0 Å². The molecule has 2 aromatic heterocycles. The molecule has 28 heavy (non-hydrogen) atoms. The molecule has 0 aliphatic carbocycles. The van der Waals surface area contributed by atoms with E-state index < -0.39 is 28.5 Å². The highest BCUT2D eigenvalue weighted by molar-refractivity contribution is 6.31. The van der Waals surface area contributed by atoms with Crippen LogP contribution in [0.2, 0.25) is 5.02 Å². The number of carbonyl (C=O) groups is 2. The summed E-state index contributed by atoms with van der Waals surface area (Å²) in [5, 5.41) is 2.67. The van der Waals surface area contributed by atoms with Crippen LogP contribution in [0.1, 0.15) is 0 Å². The van der Waals surface area contributed by atoms with Crippen molar-refractivity contribution >= 4 is 45.3 Å². The number of urea groups is 1. The zero-order valence-corrected chi connectivity index (χ0v) is 15.4. The van der Waals surface area contributed by atoms with Crippen LogP contribution in [-0.2, 0) is 11.3 Å². The van der Waals surface area contributed by atoms with E-state index in [1.165, 1.54) is 30.1 Å². The molecular formula is C17H14ClN5O5. The number of H-pyrrole nitrogens is 2. The van der Waals surface area contributed by atoms with E-state index in [1.807, 2.05) is 0 Å². The van der Waals surface area contributed by atoms with E-state index in [0.29, 0.717) is 10.5 Å². The number of aromatic nitrogens is 3. The monoisotopic (exact) mass is 403 g/mol. The third-order valence-electron chi connectivity index (χ3n) is 4.66. The fourth-order valence-corrected chi connectivity index (χ4v) is 3.42. The van der Waals surface area contributed by atoms with Crippen LogP contribution in [0, 0.1) is 0 Å². The minimum atomic E-state index is -0.722. The lowest BCUT2D eigenvalue weighted by Gasteiger charge is -2.15. The summed E-state index contributed by atoms with van der Waals surface area (Å²) in [5.41, 5.74) is -1.82. The van der Waals surface area contributed by atoms with Gasteiger partial charge in [-0.15, -0.1) is 0 Å². The summed E-state index contributed by atoms with van der Waals surface area (Å²) in [5.74, 6) is -0.399. The van der Waals surface area contributed by atoms with Crippen LogP contribution >= 0.6 is 11.6 Å². The van der Waals surface area contributed by atoms with Gasteiger partial charge in [-0.2, -0.15) is 0 Å². The quantitative estimate of drug-likeness (QED) is 0.472. The highest BCUT2D eigenvalue weighted by Gasteiger charge is 2.33. The summed E-state index contributed by atoms with van der Waals surface area (Å²) < 4.78 is 0.931. The minimum absolute atomic E-state index is 0.0454. The maximum absolute atomic E-state index is 12.8. The smallest absolute Gasteiger partial charge is 0.327 e. The SMILES string of the molecule is CN1CC(=O)N(CCn2[nH]c(=O)c3[nH]c4cc(Cl)ccc4c(=O)c3c2=O)C1=O. The Kier molecular flexibility index (Phi) is 4.07. The van der Waals surface area contributed by atoms with Crippen molar-refractivity contribution in [2.75, 3.05) is 20.1 Å². The van der Waals surface area contributed by atoms with Gasteiger partial charge in [0.1, 0.15) is 17.4 Å². The lowest BCUT2D eigenvalue weighted by atomic mass is 10.1. The predicted molar refractivity (Wildman–Crippen MR) is 102 cm³/mol. The molecule has 0 atom stereocenters. The molecule has 1 fully saturated rings. The lowest BCUT2D eigenvalue weighted by Crippen LogP contribution is -2.39. The second-order valence-electron chi connectivity index (χ2n) is 6.48. The van der Waals surface area contributed by atoms with Gasteiger partial charge in [-0.05, 0) is 18.2 Å². The van der Waals surface area contributed by atoms with E-state index in [2.05, 4.69) is 10.1 Å². The van der Waals surface area contributed by atoms with Crippen molar-refractivity contribution in [1.82, 2.24) is 24.6 Å². The number of fused-ring (bicyclic) bond motifs is 2. The highest BCUT2D eigenvalue weighted by atomic mass is 35.5. The first kappa shape index (κ1) is 18.0. The van der Waals surface area contributed by atoms with Crippen LogP contribution in [0.4, 0.5) is 4.79 Å². The van der Waals surface area contributed by atoms with Gasteiger partial charge in [0.05, 0.1) is 18.6 Å². The molecule has 1 aliphatic heterocycles. The molecule has 0 saturated carbocycles. The Bertz CT molecular complexity index is 1340. The summed E-state index contributed by atoms with van der Waals surface area (Å²) >= 11 is 5.92. The number of nitrogens with one attached hydrogen (secondary N) is 2. The van der Waals surface area contributed by atoms with Gasteiger partial charge in [0.15, 0.2) is 0 Å². The Hall–Kier alpha value is -3.40. The third-order valence-corrected chi connectivity index (χ3v) is 4.90. The zero-order chi connectivity index (χ0) is 20.2. The number of amides is 3. The number of nitrogens with zero attached hydrogens (tertiary/aromatic N) is 3. The average Bonchev–Trinajstić information content (AvgIpc) is 2.88. The van der Waals surface area contributed by atoms with Crippen LogP contribution in [0.15, 0.2) is 32.6 Å². The predicted octanol–water partition coefficient (Wildman–Crippen LogP) is 0.0787. The van der Waals surface area contributed by atoms with Crippen LogP contribution in [0.3, 0.4) is 0 Å². The number of benzene rings is 1. The van der Waals surface area contributed by atoms with Crippen LogP contribution in [0.5, 0.6) is 0 Å². The van der Waals surface area contributed by atoms with Crippen molar-refractivity contribution < 1.29 is 9.59 Å². The van der Waals surface area contributed by atoms with Gasteiger partial charge in [-0.3, -0.25) is 29.2 Å². The number of pyridine rings is 1. The summed E-state index contributed by atoms with van der Waals surface area (Å²) in [4.78, 5) is 66.8. The number of aromatic amines is 2. The second kappa shape index (κ2) is 6.34. The van der Waals surface area contributed by atoms with Crippen LogP contribution in [-0.4, -0.2) is 56.6 Å². The standard InChI is InChI=1S/C17H14ClN5O5/c1-21-7-11(24)22(17(21)28)4-5-23-16(27)12-13(15(26)20-23)19-10-6-8(18)2-3-9(10)14(12)25/h2-3,6H,4-5,7H2,1H3,(H,19,25)(H,20,26). The van der Waals surface area contributed by atoms with Crippen molar-refractivity contribution in [2.24, 2.45) is 0 Å². The van der Waals surface area contributed by atoms with Gasteiger partial charge >= 0.3 is 6.03 Å². The Balaban J connectivity index is 1.82. The van der Waals surface area contributed by atoms with Gasteiger partial charge < -0.3 is 9.88 Å². The first-order chi connectivity index (χ1) is 13.3. The Morgan fingerprint density at radius 1 is 1.11 bits per heavy atom. The average molecular weight is 404 g/mol. The fourth-order valence-electron chi connectivity index (χ4n) is 3.25. The molecule has 3 heterocycles. The molecule has 3 amide bonds. The molecule has 1 aromatic carbocycles. The van der Waals surface area contributed by atoms with E-state index in [4.69, 9.17) is 11.6 Å². The van der Waals surface area contributed by atoms with E-state index in [0.717, 1.165) is 9.58 Å². The molecule has 3 aromatic rings. The zero-order valence-electron chi connectivity index (χ0n) is 14.6. The van der Waals surface area contributed by atoms with Gasteiger partial charge in [0, 0.05) is 17.5 Å². The van der Waals surface area contributed by atoms with Crippen molar-refractivity contribution in [2.45, 2.75) is 6.54 Å². The van der Waals surface area contributed by atoms with Gasteiger partial charge in [0.25, 0.3) is 11.1 Å². The molecule has 0 bridgehead atoms. The Morgan fingerprint density at radius 3 is 2.54 bits per heavy atom. The number of hydrogen-bond donors (Lipinski definition) is 2. The van der Waals surface area contributed by atoms with Gasteiger partial charge in [-0.1, -0.05) is 11.6 Å². The molecule has 4 rings (SSSR count). The van der Waals surface area contributed by atoms with Gasteiger partial charge in [0.2, 0.25) is 11.3 Å². The maximum atomic E-state index is 12.8. The summed E-state index contributed by atoms with van der Waals surface area (Å²) in [7, 11) is 1.49. The summed E-state index contributed by atoms with van der Waals surface area (Å²) in [6.45, 7) is -0.298. The van der Waals surface area contributed by atoms with Crippen molar-refractivity contribution in [3.8, 4) is 0 Å². The van der Waals surface area contributed by atoms with E-state index in [-0.39, 0.29) is 35.9 Å². The molecular weight excluding hydrogens is 390 g/mol. The maximum Gasteiger partial charge on any atom is 0.327 e. The Morgan fingerprint density at radius 2 is 1.86 bits per heavy atom.